The number of aliphatic imine (C=N–C) groups is 1. The molecular weight excluding hydrogens is 437 g/mol. The highest BCUT2D eigenvalue weighted by Gasteiger charge is 2.05. The van der Waals surface area contributed by atoms with Gasteiger partial charge in [0.25, 0.3) is 0 Å². The number of nitrogens with zero attached hydrogens (tertiary/aromatic N) is 1. The van der Waals surface area contributed by atoms with Gasteiger partial charge in [0, 0.05) is 26.6 Å². The van der Waals surface area contributed by atoms with Crippen molar-refractivity contribution in [3.8, 4) is 11.5 Å². The molecule has 0 aliphatic carbocycles. The molecule has 0 bridgehead atoms. The van der Waals surface area contributed by atoms with Gasteiger partial charge < -0.3 is 24.8 Å². The summed E-state index contributed by atoms with van der Waals surface area (Å²) in [6.45, 7) is 1.35. The zero-order valence-corrected chi connectivity index (χ0v) is 17.6. The van der Waals surface area contributed by atoms with Gasteiger partial charge in [-0.25, -0.2) is 0 Å². The third-order valence-electron chi connectivity index (χ3n) is 3.46. The summed E-state index contributed by atoms with van der Waals surface area (Å²) >= 11 is 0. The quantitative estimate of drug-likeness (QED) is 0.192. The maximum atomic E-state index is 11.0. The van der Waals surface area contributed by atoms with E-state index in [4.69, 9.17) is 9.47 Å². The Labute approximate surface area is 166 Å². The molecule has 7 nitrogen and oxygen atoms in total. The van der Waals surface area contributed by atoms with Gasteiger partial charge in [-0.05, 0) is 30.5 Å². The Balaban J connectivity index is 0.00000576. The lowest BCUT2D eigenvalue weighted by molar-refractivity contribution is -0.140. The van der Waals surface area contributed by atoms with Gasteiger partial charge in [0.2, 0.25) is 0 Å². The number of unbranched alkanes of at least 4 members (excludes halogenated alkanes) is 1. The number of nitrogens with one attached hydrogen (secondary N) is 2. The molecule has 0 amide bonds. The Morgan fingerprint density at radius 3 is 2.40 bits per heavy atom. The molecule has 0 aliphatic rings. The Kier molecular flexibility index (Phi) is 12.6. The number of rotatable bonds is 9. The van der Waals surface area contributed by atoms with Crippen LogP contribution < -0.4 is 20.1 Å². The molecule has 0 aromatic heterocycles. The summed E-state index contributed by atoms with van der Waals surface area (Å²) in [5.41, 5.74) is 1.06. The molecule has 142 valence electrons. The summed E-state index contributed by atoms with van der Waals surface area (Å²) in [6, 6.07) is 5.77. The molecule has 25 heavy (non-hydrogen) atoms. The Hall–Kier alpha value is -1.71. The van der Waals surface area contributed by atoms with E-state index in [0.29, 0.717) is 30.4 Å². The number of esters is 1. The monoisotopic (exact) mass is 465 g/mol. The Morgan fingerprint density at radius 2 is 1.80 bits per heavy atom. The fraction of sp³-hybridized carbons (Fsp3) is 0.529. The number of ether oxygens (including phenoxy) is 3. The molecule has 0 heterocycles. The van der Waals surface area contributed by atoms with Crippen LogP contribution in [0.1, 0.15) is 24.8 Å². The van der Waals surface area contributed by atoms with Crippen molar-refractivity contribution in [1.82, 2.24) is 10.6 Å². The van der Waals surface area contributed by atoms with E-state index in [-0.39, 0.29) is 29.9 Å². The summed E-state index contributed by atoms with van der Waals surface area (Å²) in [4.78, 5) is 15.2. The van der Waals surface area contributed by atoms with Gasteiger partial charge in [-0.3, -0.25) is 9.79 Å². The highest BCUT2D eigenvalue weighted by Crippen LogP contribution is 2.27. The van der Waals surface area contributed by atoms with Gasteiger partial charge in [0.15, 0.2) is 17.5 Å². The first-order chi connectivity index (χ1) is 11.6. The Bertz CT molecular complexity index is 553. The average molecular weight is 465 g/mol. The summed E-state index contributed by atoms with van der Waals surface area (Å²) in [5, 5.41) is 6.45. The second-order valence-corrected chi connectivity index (χ2v) is 5.08. The summed E-state index contributed by atoms with van der Waals surface area (Å²) < 4.78 is 15.1. The van der Waals surface area contributed by atoms with Gasteiger partial charge in [0.1, 0.15) is 0 Å². The minimum absolute atomic E-state index is 0. The lowest BCUT2D eigenvalue weighted by Gasteiger charge is -2.13. The topological polar surface area (TPSA) is 81.2 Å². The largest absolute Gasteiger partial charge is 0.493 e. The second-order valence-electron chi connectivity index (χ2n) is 5.08. The van der Waals surface area contributed by atoms with Crippen LogP contribution in [0.2, 0.25) is 0 Å². The molecule has 0 saturated heterocycles. The molecule has 0 aliphatic heterocycles. The highest BCUT2D eigenvalue weighted by molar-refractivity contribution is 14.0. The van der Waals surface area contributed by atoms with Crippen LogP contribution in [0.4, 0.5) is 0 Å². The number of hydrogen-bond donors (Lipinski definition) is 2. The molecule has 8 heteroatoms. The predicted molar refractivity (Wildman–Crippen MR) is 109 cm³/mol. The molecule has 1 rings (SSSR count). The number of carbonyl (C=O) groups is 1. The third kappa shape index (κ3) is 8.80. The van der Waals surface area contributed by atoms with E-state index in [1.54, 1.807) is 21.3 Å². The van der Waals surface area contributed by atoms with Crippen LogP contribution in [0.25, 0.3) is 0 Å². The van der Waals surface area contributed by atoms with E-state index in [0.717, 1.165) is 24.9 Å². The first-order valence-corrected chi connectivity index (χ1v) is 7.86. The smallest absolute Gasteiger partial charge is 0.305 e. The van der Waals surface area contributed by atoms with Crippen LogP contribution in [-0.4, -0.2) is 46.9 Å². The highest BCUT2D eigenvalue weighted by atomic mass is 127. The van der Waals surface area contributed by atoms with Gasteiger partial charge in [0.05, 0.1) is 21.3 Å². The van der Waals surface area contributed by atoms with Crippen molar-refractivity contribution in [2.75, 3.05) is 34.9 Å². The molecule has 0 unspecified atom stereocenters. The lowest BCUT2D eigenvalue weighted by atomic mass is 10.2. The third-order valence-corrected chi connectivity index (χ3v) is 3.46. The molecule has 1 aromatic rings. The predicted octanol–water partition coefficient (Wildman–Crippen LogP) is 2.33. The van der Waals surface area contributed by atoms with Crippen molar-refractivity contribution >= 4 is 35.9 Å². The molecule has 0 atom stereocenters. The summed E-state index contributed by atoms with van der Waals surface area (Å²) in [5.74, 6) is 1.94. The van der Waals surface area contributed by atoms with Crippen LogP contribution in [0.15, 0.2) is 23.2 Å². The normalized spacial score (nSPS) is 10.5. The van der Waals surface area contributed by atoms with Crippen molar-refractivity contribution in [2.45, 2.75) is 25.8 Å². The fourth-order valence-corrected chi connectivity index (χ4v) is 2.10. The SMILES string of the molecule is CN=C(NCCCCC(=O)OC)NCc1ccc(OC)c(OC)c1.I. The van der Waals surface area contributed by atoms with Crippen LogP contribution in [0.3, 0.4) is 0 Å². The second kappa shape index (κ2) is 13.6. The lowest BCUT2D eigenvalue weighted by Crippen LogP contribution is -2.37. The van der Waals surface area contributed by atoms with Crippen LogP contribution in [-0.2, 0) is 16.1 Å². The summed E-state index contributed by atoms with van der Waals surface area (Å²) in [7, 11) is 6.35. The molecule has 2 N–H and O–H groups in total. The average Bonchev–Trinajstić information content (AvgIpc) is 2.63. The number of hydrogen-bond acceptors (Lipinski definition) is 5. The van der Waals surface area contributed by atoms with Crippen LogP contribution >= 0.6 is 24.0 Å². The molecule has 0 radical (unpaired) electrons. The zero-order valence-electron chi connectivity index (χ0n) is 15.3. The van der Waals surface area contributed by atoms with Gasteiger partial charge in [-0.15, -0.1) is 24.0 Å². The van der Waals surface area contributed by atoms with Gasteiger partial charge >= 0.3 is 5.97 Å². The summed E-state index contributed by atoms with van der Waals surface area (Å²) in [6.07, 6.45) is 2.09. The van der Waals surface area contributed by atoms with Crippen LogP contribution in [0, 0.1) is 0 Å². The van der Waals surface area contributed by atoms with Crippen molar-refractivity contribution in [1.29, 1.82) is 0 Å². The first-order valence-electron chi connectivity index (χ1n) is 7.86. The van der Waals surface area contributed by atoms with Gasteiger partial charge in [-0.1, -0.05) is 6.07 Å². The molecule has 1 aromatic carbocycles. The van der Waals surface area contributed by atoms with Crippen molar-refractivity contribution in [3.63, 3.8) is 0 Å². The van der Waals surface area contributed by atoms with E-state index in [1.165, 1.54) is 7.11 Å². The number of benzene rings is 1. The minimum atomic E-state index is -0.175. The standard InChI is InChI=1S/C17H27N3O4.HI/c1-18-17(19-10-6-5-7-16(21)24-4)20-12-13-8-9-14(22-2)15(11-13)23-3;/h8-9,11H,5-7,10,12H2,1-4H3,(H2,18,19,20);1H. The molecule has 0 spiro atoms. The number of methoxy groups -OCH3 is 3. The molecular formula is C17H28IN3O4. The van der Waals surface area contributed by atoms with E-state index < -0.39 is 0 Å². The Morgan fingerprint density at radius 1 is 1.08 bits per heavy atom. The molecule has 0 fully saturated rings. The number of halogens is 1. The zero-order chi connectivity index (χ0) is 17.8. The minimum Gasteiger partial charge on any atom is -0.493 e. The van der Waals surface area contributed by atoms with Crippen molar-refractivity contribution in [2.24, 2.45) is 4.99 Å². The number of carbonyl (C=O) groups excluding carboxylic acids is 1. The van der Waals surface area contributed by atoms with E-state index in [9.17, 15) is 4.79 Å². The maximum absolute atomic E-state index is 11.0. The van der Waals surface area contributed by atoms with E-state index >= 15 is 0 Å². The van der Waals surface area contributed by atoms with E-state index in [2.05, 4.69) is 20.4 Å². The van der Waals surface area contributed by atoms with E-state index in [1.807, 2.05) is 18.2 Å². The number of guanidine groups is 1. The van der Waals surface area contributed by atoms with Crippen molar-refractivity contribution < 1.29 is 19.0 Å². The molecule has 0 saturated carbocycles. The maximum Gasteiger partial charge on any atom is 0.305 e. The fourth-order valence-electron chi connectivity index (χ4n) is 2.10. The van der Waals surface area contributed by atoms with Crippen molar-refractivity contribution in [3.05, 3.63) is 23.8 Å². The van der Waals surface area contributed by atoms with Crippen LogP contribution in [0.5, 0.6) is 11.5 Å². The van der Waals surface area contributed by atoms with Gasteiger partial charge in [-0.2, -0.15) is 0 Å². The first kappa shape index (κ1) is 23.3.